The fourth-order valence-electron chi connectivity index (χ4n) is 3.99. The van der Waals surface area contributed by atoms with Crippen LogP contribution in [-0.4, -0.2) is 37.0 Å². The van der Waals surface area contributed by atoms with Gasteiger partial charge in [0.05, 0.1) is 0 Å². The van der Waals surface area contributed by atoms with Crippen LogP contribution >= 0.6 is 0 Å². The Hall–Kier alpha value is -1.35. The number of nitrogens with zero attached hydrogens (tertiary/aromatic N) is 1. The highest BCUT2D eigenvalue weighted by Gasteiger charge is 2.37. The van der Waals surface area contributed by atoms with Gasteiger partial charge in [-0.15, -0.1) is 0 Å². The normalized spacial score (nSPS) is 23.5. The van der Waals surface area contributed by atoms with Crippen LogP contribution in [0.4, 0.5) is 0 Å². The smallest absolute Gasteiger partial charge is 0.222 e. The Morgan fingerprint density at radius 1 is 1.08 bits per heavy atom. The number of hydrogen-bond donors (Lipinski definition) is 1. The Morgan fingerprint density at radius 2 is 1.71 bits per heavy atom. The van der Waals surface area contributed by atoms with E-state index in [9.17, 15) is 4.79 Å². The lowest BCUT2D eigenvalue weighted by molar-refractivity contribution is -0.130. The molecule has 0 bridgehead atoms. The van der Waals surface area contributed by atoms with Crippen molar-refractivity contribution in [1.82, 2.24) is 10.2 Å². The largest absolute Gasteiger partial charge is 0.342 e. The molecule has 0 unspecified atom stereocenters. The van der Waals surface area contributed by atoms with Gasteiger partial charge in [-0.05, 0) is 47.6 Å². The van der Waals surface area contributed by atoms with Gasteiger partial charge in [-0.3, -0.25) is 4.79 Å². The van der Waals surface area contributed by atoms with Crippen LogP contribution in [-0.2, 0) is 16.6 Å². The number of likely N-dealkylation sites (tertiary alicyclic amines) is 1. The summed E-state index contributed by atoms with van der Waals surface area (Å²) < 4.78 is 0. The summed E-state index contributed by atoms with van der Waals surface area (Å²) in [5, 5.41) is 3.43. The van der Waals surface area contributed by atoms with Crippen LogP contribution in [0.1, 0.15) is 51.2 Å². The summed E-state index contributed by atoms with van der Waals surface area (Å²) in [5.74, 6) is 1.78. The number of carbonyl (C=O) groups excluding carboxylic acids is 1. The van der Waals surface area contributed by atoms with Gasteiger partial charge in [-0.25, -0.2) is 0 Å². The fraction of sp³-hybridized carbons (Fsp3) is 0.667. The summed E-state index contributed by atoms with van der Waals surface area (Å²) in [5.41, 5.74) is 2.99. The Labute approximate surface area is 146 Å². The number of carbonyl (C=O) groups is 1. The molecule has 2 aliphatic heterocycles. The standard InChI is InChI=1S/C21H32N2O/c1-21(2,3)19-10-8-16(9-11-19)6-4-5-7-20(24)23-14-17-12-22-13-18(17)15-23/h8-11,17-18,22H,4-7,12-15H2,1-3H3/t17-,18+. The molecule has 2 saturated heterocycles. The molecule has 2 heterocycles. The van der Waals surface area contributed by atoms with E-state index >= 15 is 0 Å². The third kappa shape index (κ3) is 4.18. The monoisotopic (exact) mass is 328 g/mol. The lowest BCUT2D eigenvalue weighted by Gasteiger charge is -2.19. The number of benzene rings is 1. The molecule has 2 fully saturated rings. The average Bonchev–Trinajstić information content (AvgIpc) is 3.12. The topological polar surface area (TPSA) is 32.3 Å². The average molecular weight is 328 g/mol. The molecule has 1 N–H and O–H groups in total. The number of amides is 1. The van der Waals surface area contributed by atoms with Crippen LogP contribution in [0.15, 0.2) is 24.3 Å². The van der Waals surface area contributed by atoms with Gasteiger partial charge in [-0.1, -0.05) is 45.0 Å². The lowest BCUT2D eigenvalue weighted by Crippen LogP contribution is -2.31. The lowest BCUT2D eigenvalue weighted by atomic mass is 9.86. The first-order chi connectivity index (χ1) is 11.4. The predicted octanol–water partition coefficient (Wildman–Crippen LogP) is 3.37. The van der Waals surface area contributed by atoms with E-state index in [1.165, 1.54) is 11.1 Å². The molecular weight excluding hydrogens is 296 g/mol. The molecule has 0 saturated carbocycles. The first-order valence-electron chi connectivity index (χ1n) is 9.51. The van der Waals surface area contributed by atoms with Crippen LogP contribution in [0.5, 0.6) is 0 Å². The molecule has 0 aliphatic carbocycles. The van der Waals surface area contributed by atoms with Gasteiger partial charge in [0, 0.05) is 32.6 Å². The molecule has 0 radical (unpaired) electrons. The highest BCUT2D eigenvalue weighted by molar-refractivity contribution is 5.76. The van der Waals surface area contributed by atoms with Crippen LogP contribution in [0.2, 0.25) is 0 Å². The molecule has 2 atom stereocenters. The minimum Gasteiger partial charge on any atom is -0.342 e. The predicted molar refractivity (Wildman–Crippen MR) is 99.1 cm³/mol. The van der Waals surface area contributed by atoms with Crippen molar-refractivity contribution < 1.29 is 4.79 Å². The molecule has 1 amide bonds. The van der Waals surface area contributed by atoms with E-state index in [0.717, 1.165) is 45.4 Å². The van der Waals surface area contributed by atoms with Gasteiger partial charge in [-0.2, -0.15) is 0 Å². The van der Waals surface area contributed by atoms with Gasteiger partial charge in [0.15, 0.2) is 0 Å². The number of rotatable bonds is 5. The molecular formula is C21H32N2O. The van der Waals surface area contributed by atoms with E-state index in [-0.39, 0.29) is 5.41 Å². The fourth-order valence-corrected chi connectivity index (χ4v) is 3.99. The molecule has 1 aromatic carbocycles. The zero-order valence-electron chi connectivity index (χ0n) is 15.5. The van der Waals surface area contributed by atoms with Crippen molar-refractivity contribution in [2.75, 3.05) is 26.2 Å². The summed E-state index contributed by atoms with van der Waals surface area (Å²) in [6, 6.07) is 8.99. The van der Waals surface area contributed by atoms with Gasteiger partial charge in [0.1, 0.15) is 0 Å². The van der Waals surface area contributed by atoms with Crippen molar-refractivity contribution in [2.45, 2.75) is 51.9 Å². The SMILES string of the molecule is CC(C)(C)c1ccc(CCCCC(=O)N2C[C@H]3CNC[C@H]3C2)cc1. The second kappa shape index (κ2) is 7.26. The van der Waals surface area contributed by atoms with Crippen LogP contribution in [0.3, 0.4) is 0 Å². The Morgan fingerprint density at radius 3 is 2.29 bits per heavy atom. The first kappa shape index (κ1) is 17.5. The zero-order valence-corrected chi connectivity index (χ0v) is 15.5. The second-order valence-corrected chi connectivity index (χ2v) is 8.63. The molecule has 2 aliphatic rings. The van der Waals surface area contributed by atoms with Crippen molar-refractivity contribution in [3.05, 3.63) is 35.4 Å². The zero-order chi connectivity index (χ0) is 17.2. The quantitative estimate of drug-likeness (QED) is 0.841. The van der Waals surface area contributed by atoms with Crippen LogP contribution < -0.4 is 5.32 Å². The van der Waals surface area contributed by atoms with Gasteiger partial charge >= 0.3 is 0 Å². The number of nitrogens with one attached hydrogen (secondary N) is 1. The molecule has 3 rings (SSSR count). The van der Waals surface area contributed by atoms with Crippen LogP contribution in [0.25, 0.3) is 0 Å². The Balaban J connectivity index is 1.37. The van der Waals surface area contributed by atoms with Gasteiger partial charge in [0.2, 0.25) is 5.91 Å². The number of fused-ring (bicyclic) bond motifs is 1. The third-order valence-corrected chi connectivity index (χ3v) is 5.67. The maximum Gasteiger partial charge on any atom is 0.222 e. The van der Waals surface area contributed by atoms with E-state index < -0.39 is 0 Å². The molecule has 1 aromatic rings. The van der Waals surface area contributed by atoms with Crippen molar-refractivity contribution >= 4 is 5.91 Å². The van der Waals surface area contributed by atoms with E-state index in [2.05, 4.69) is 55.3 Å². The minimum absolute atomic E-state index is 0.217. The molecule has 0 spiro atoms. The van der Waals surface area contributed by atoms with Crippen molar-refractivity contribution in [3.63, 3.8) is 0 Å². The molecule has 0 aromatic heterocycles. The molecule has 132 valence electrons. The number of unbranched alkanes of at least 4 members (excludes halogenated alkanes) is 1. The van der Waals surface area contributed by atoms with E-state index in [0.29, 0.717) is 24.2 Å². The molecule has 3 heteroatoms. The Bertz CT molecular complexity index is 546. The summed E-state index contributed by atoms with van der Waals surface area (Å²) >= 11 is 0. The van der Waals surface area contributed by atoms with Crippen molar-refractivity contribution in [1.29, 1.82) is 0 Å². The third-order valence-electron chi connectivity index (χ3n) is 5.67. The summed E-state index contributed by atoms with van der Waals surface area (Å²) in [4.78, 5) is 14.5. The van der Waals surface area contributed by atoms with Crippen LogP contribution in [0, 0.1) is 11.8 Å². The van der Waals surface area contributed by atoms with Gasteiger partial charge < -0.3 is 10.2 Å². The van der Waals surface area contributed by atoms with Gasteiger partial charge in [0.25, 0.3) is 0 Å². The minimum atomic E-state index is 0.217. The highest BCUT2D eigenvalue weighted by atomic mass is 16.2. The second-order valence-electron chi connectivity index (χ2n) is 8.63. The van der Waals surface area contributed by atoms with E-state index in [1.54, 1.807) is 0 Å². The highest BCUT2D eigenvalue weighted by Crippen LogP contribution is 2.27. The van der Waals surface area contributed by atoms with Crippen molar-refractivity contribution in [3.8, 4) is 0 Å². The maximum atomic E-state index is 12.3. The maximum absolute atomic E-state index is 12.3. The molecule has 24 heavy (non-hydrogen) atoms. The summed E-state index contributed by atoms with van der Waals surface area (Å²) in [7, 11) is 0. The summed E-state index contributed by atoms with van der Waals surface area (Å²) in [6.07, 6.45) is 3.90. The summed E-state index contributed by atoms with van der Waals surface area (Å²) in [6.45, 7) is 10.9. The van der Waals surface area contributed by atoms with E-state index in [1.807, 2.05) is 0 Å². The van der Waals surface area contributed by atoms with E-state index in [4.69, 9.17) is 0 Å². The van der Waals surface area contributed by atoms with Crippen molar-refractivity contribution in [2.24, 2.45) is 11.8 Å². The number of aryl methyl sites for hydroxylation is 1. The number of hydrogen-bond acceptors (Lipinski definition) is 2. The first-order valence-corrected chi connectivity index (χ1v) is 9.51. The Kier molecular flexibility index (Phi) is 5.29. The molecule has 3 nitrogen and oxygen atoms in total.